The Morgan fingerprint density at radius 1 is 1.19 bits per heavy atom. The molecule has 2 aromatic rings. The van der Waals surface area contributed by atoms with Gasteiger partial charge in [-0.3, -0.25) is 4.79 Å². The van der Waals surface area contributed by atoms with E-state index in [1.807, 2.05) is 0 Å². The zero-order chi connectivity index (χ0) is 15.4. The summed E-state index contributed by atoms with van der Waals surface area (Å²) in [5.41, 5.74) is 0.687. The minimum Gasteiger partial charge on any atom is -0.497 e. The summed E-state index contributed by atoms with van der Waals surface area (Å²) in [6.45, 7) is 0. The van der Waals surface area contributed by atoms with Crippen molar-refractivity contribution in [3.05, 3.63) is 46.2 Å². The number of pyridine rings is 1. The van der Waals surface area contributed by atoms with E-state index in [2.05, 4.69) is 10.3 Å². The van der Waals surface area contributed by atoms with Gasteiger partial charge in [0.25, 0.3) is 5.91 Å². The molecule has 0 aliphatic heterocycles. The van der Waals surface area contributed by atoms with Crippen molar-refractivity contribution < 1.29 is 14.3 Å². The standard InChI is InChI=1S/C14H12Cl2N2O3/c1-20-8-3-4-12(21-2)11(5-8)18-14(19)9-6-13(16)17-7-10(9)15/h3-7H,1-2H3,(H,18,19). The number of hydrogen-bond acceptors (Lipinski definition) is 4. The van der Waals surface area contributed by atoms with E-state index in [1.54, 1.807) is 18.2 Å². The number of rotatable bonds is 4. The maximum absolute atomic E-state index is 12.3. The van der Waals surface area contributed by atoms with Gasteiger partial charge >= 0.3 is 0 Å². The van der Waals surface area contributed by atoms with Gasteiger partial charge in [-0.1, -0.05) is 23.2 Å². The number of carbonyl (C=O) groups is 1. The van der Waals surface area contributed by atoms with Crippen LogP contribution in [0.5, 0.6) is 11.5 Å². The fourth-order valence-electron chi connectivity index (χ4n) is 1.69. The summed E-state index contributed by atoms with van der Waals surface area (Å²) in [5.74, 6) is 0.668. The van der Waals surface area contributed by atoms with Gasteiger partial charge in [0.1, 0.15) is 16.7 Å². The summed E-state index contributed by atoms with van der Waals surface area (Å²) in [4.78, 5) is 16.1. The van der Waals surface area contributed by atoms with Crippen molar-refractivity contribution >= 4 is 34.8 Å². The molecule has 0 atom stereocenters. The molecule has 110 valence electrons. The van der Waals surface area contributed by atoms with Crippen LogP contribution in [0.3, 0.4) is 0 Å². The summed E-state index contributed by atoms with van der Waals surface area (Å²) in [6, 6.07) is 6.46. The van der Waals surface area contributed by atoms with Gasteiger partial charge in [-0.15, -0.1) is 0 Å². The second kappa shape index (κ2) is 6.65. The number of hydrogen-bond donors (Lipinski definition) is 1. The van der Waals surface area contributed by atoms with Crippen molar-refractivity contribution in [3.63, 3.8) is 0 Å². The maximum Gasteiger partial charge on any atom is 0.257 e. The van der Waals surface area contributed by atoms with E-state index in [1.165, 1.54) is 26.5 Å². The lowest BCUT2D eigenvalue weighted by Crippen LogP contribution is -2.13. The van der Waals surface area contributed by atoms with E-state index in [-0.39, 0.29) is 15.7 Å². The number of nitrogens with one attached hydrogen (secondary N) is 1. The molecule has 0 spiro atoms. The molecule has 1 N–H and O–H groups in total. The molecular formula is C14H12Cl2N2O3. The van der Waals surface area contributed by atoms with Gasteiger partial charge in [-0.2, -0.15) is 0 Å². The van der Waals surface area contributed by atoms with Gasteiger partial charge in [0.2, 0.25) is 0 Å². The lowest BCUT2D eigenvalue weighted by atomic mass is 10.2. The second-order valence-corrected chi connectivity index (χ2v) is 4.80. The molecular weight excluding hydrogens is 315 g/mol. The summed E-state index contributed by atoms with van der Waals surface area (Å²) >= 11 is 11.7. The highest BCUT2D eigenvalue weighted by Gasteiger charge is 2.14. The van der Waals surface area contributed by atoms with Crippen molar-refractivity contribution in [2.75, 3.05) is 19.5 Å². The van der Waals surface area contributed by atoms with Crippen LogP contribution in [0.2, 0.25) is 10.2 Å². The van der Waals surface area contributed by atoms with E-state index in [0.717, 1.165) is 0 Å². The highest BCUT2D eigenvalue weighted by molar-refractivity contribution is 6.35. The van der Waals surface area contributed by atoms with Crippen LogP contribution < -0.4 is 14.8 Å². The van der Waals surface area contributed by atoms with Crippen LogP contribution in [-0.4, -0.2) is 25.1 Å². The lowest BCUT2D eigenvalue weighted by Gasteiger charge is -2.12. The van der Waals surface area contributed by atoms with E-state index in [9.17, 15) is 4.79 Å². The molecule has 1 heterocycles. The van der Waals surface area contributed by atoms with Gasteiger partial charge in [-0.05, 0) is 18.2 Å². The lowest BCUT2D eigenvalue weighted by molar-refractivity contribution is 0.102. The topological polar surface area (TPSA) is 60.5 Å². The summed E-state index contributed by atoms with van der Waals surface area (Å²) in [7, 11) is 3.04. The summed E-state index contributed by atoms with van der Waals surface area (Å²) < 4.78 is 10.3. The number of methoxy groups -OCH3 is 2. The van der Waals surface area contributed by atoms with Crippen LogP contribution in [0.25, 0.3) is 0 Å². The highest BCUT2D eigenvalue weighted by Crippen LogP contribution is 2.30. The first-order valence-corrected chi connectivity index (χ1v) is 6.65. The number of nitrogens with zero attached hydrogens (tertiary/aromatic N) is 1. The molecule has 1 aromatic carbocycles. The molecule has 1 amide bonds. The molecule has 5 nitrogen and oxygen atoms in total. The Balaban J connectivity index is 2.32. The van der Waals surface area contributed by atoms with Gasteiger partial charge in [-0.25, -0.2) is 4.98 Å². The monoisotopic (exact) mass is 326 g/mol. The summed E-state index contributed by atoms with van der Waals surface area (Å²) in [5, 5.41) is 3.10. The summed E-state index contributed by atoms with van der Waals surface area (Å²) in [6.07, 6.45) is 1.32. The Labute approximate surface area is 131 Å². The number of benzene rings is 1. The van der Waals surface area contributed by atoms with Crippen LogP contribution in [0.1, 0.15) is 10.4 Å². The number of amides is 1. The molecule has 0 aliphatic carbocycles. The highest BCUT2D eigenvalue weighted by atomic mass is 35.5. The van der Waals surface area contributed by atoms with Gasteiger partial charge < -0.3 is 14.8 Å². The third-order valence-corrected chi connectivity index (χ3v) is 3.23. The second-order valence-electron chi connectivity index (χ2n) is 4.01. The Morgan fingerprint density at radius 2 is 1.95 bits per heavy atom. The predicted octanol–water partition coefficient (Wildman–Crippen LogP) is 3.66. The molecule has 21 heavy (non-hydrogen) atoms. The SMILES string of the molecule is COc1ccc(OC)c(NC(=O)c2cc(Cl)ncc2Cl)c1. The smallest absolute Gasteiger partial charge is 0.257 e. The minimum atomic E-state index is -0.421. The van der Waals surface area contributed by atoms with Crippen molar-refractivity contribution in [1.29, 1.82) is 0 Å². The number of anilines is 1. The van der Waals surface area contributed by atoms with E-state index in [4.69, 9.17) is 32.7 Å². The average molecular weight is 327 g/mol. The first kappa shape index (κ1) is 15.4. The molecule has 0 saturated carbocycles. The number of carbonyl (C=O) groups excluding carboxylic acids is 1. The zero-order valence-electron chi connectivity index (χ0n) is 11.3. The largest absolute Gasteiger partial charge is 0.497 e. The molecule has 0 radical (unpaired) electrons. The molecule has 7 heteroatoms. The normalized spacial score (nSPS) is 10.1. The molecule has 0 unspecified atom stereocenters. The first-order valence-electron chi connectivity index (χ1n) is 5.89. The molecule has 0 aliphatic rings. The molecule has 0 bridgehead atoms. The number of halogens is 2. The van der Waals surface area contributed by atoms with E-state index < -0.39 is 5.91 Å². The van der Waals surface area contributed by atoms with Crippen molar-refractivity contribution in [1.82, 2.24) is 4.98 Å². The maximum atomic E-state index is 12.3. The molecule has 2 rings (SSSR count). The number of ether oxygens (including phenoxy) is 2. The Morgan fingerprint density at radius 3 is 2.62 bits per heavy atom. The van der Waals surface area contributed by atoms with Crippen molar-refractivity contribution in [3.8, 4) is 11.5 Å². The third kappa shape index (κ3) is 3.56. The fraction of sp³-hybridized carbons (Fsp3) is 0.143. The van der Waals surface area contributed by atoms with Gasteiger partial charge in [0.15, 0.2) is 0 Å². The Hall–Kier alpha value is -1.98. The zero-order valence-corrected chi connectivity index (χ0v) is 12.8. The first-order chi connectivity index (χ1) is 10.0. The minimum absolute atomic E-state index is 0.183. The molecule has 0 saturated heterocycles. The third-order valence-electron chi connectivity index (χ3n) is 2.72. The average Bonchev–Trinajstić information content (AvgIpc) is 2.49. The Kier molecular flexibility index (Phi) is 4.88. The van der Waals surface area contributed by atoms with Crippen molar-refractivity contribution in [2.45, 2.75) is 0 Å². The van der Waals surface area contributed by atoms with Crippen LogP contribution in [0, 0.1) is 0 Å². The van der Waals surface area contributed by atoms with Gasteiger partial charge in [0.05, 0.1) is 30.5 Å². The van der Waals surface area contributed by atoms with Gasteiger partial charge in [0, 0.05) is 12.3 Å². The van der Waals surface area contributed by atoms with E-state index in [0.29, 0.717) is 17.2 Å². The Bertz CT molecular complexity index is 677. The van der Waals surface area contributed by atoms with Crippen LogP contribution >= 0.6 is 23.2 Å². The van der Waals surface area contributed by atoms with E-state index >= 15 is 0 Å². The van der Waals surface area contributed by atoms with Crippen molar-refractivity contribution in [2.24, 2.45) is 0 Å². The van der Waals surface area contributed by atoms with Crippen LogP contribution in [-0.2, 0) is 0 Å². The molecule has 0 fully saturated rings. The molecule has 1 aromatic heterocycles. The quantitative estimate of drug-likeness (QED) is 0.871. The number of aromatic nitrogens is 1. The van der Waals surface area contributed by atoms with Crippen LogP contribution in [0.15, 0.2) is 30.5 Å². The van der Waals surface area contributed by atoms with Crippen LogP contribution in [0.4, 0.5) is 5.69 Å². The predicted molar refractivity (Wildman–Crippen MR) is 81.8 cm³/mol. The fourth-order valence-corrected chi connectivity index (χ4v) is 2.04.